The second kappa shape index (κ2) is 6.14. The second-order valence-corrected chi connectivity index (χ2v) is 5.54. The third-order valence-electron chi connectivity index (χ3n) is 3.52. The molecule has 1 saturated heterocycles. The van der Waals surface area contributed by atoms with Gasteiger partial charge in [-0.1, -0.05) is 13.8 Å². The number of aromatic nitrogens is 2. The molecule has 0 radical (unpaired) electrons. The van der Waals surface area contributed by atoms with Crippen LogP contribution in [0, 0.1) is 5.92 Å². The second-order valence-electron chi connectivity index (χ2n) is 5.54. The zero-order valence-electron chi connectivity index (χ0n) is 11.7. The number of nitrogens with one attached hydrogen (secondary N) is 1. The first kappa shape index (κ1) is 13.3. The Morgan fingerprint density at radius 2 is 1.89 bits per heavy atom. The molecule has 1 aliphatic heterocycles. The molecular formula is C14H24N4. The van der Waals surface area contributed by atoms with Crippen LogP contribution in [0.25, 0.3) is 0 Å². The highest BCUT2D eigenvalue weighted by Crippen LogP contribution is 2.16. The van der Waals surface area contributed by atoms with Crippen molar-refractivity contribution in [2.24, 2.45) is 5.92 Å². The Morgan fingerprint density at radius 3 is 2.39 bits per heavy atom. The van der Waals surface area contributed by atoms with E-state index >= 15 is 0 Å². The Bertz CT molecular complexity index is 353. The third kappa shape index (κ3) is 3.42. The summed E-state index contributed by atoms with van der Waals surface area (Å²) in [5.41, 5.74) is 1.24. The number of nitrogens with zero attached hydrogens (tertiary/aromatic N) is 3. The Balaban J connectivity index is 1.93. The van der Waals surface area contributed by atoms with Crippen LogP contribution in [0.1, 0.15) is 32.3 Å². The fourth-order valence-electron chi connectivity index (χ4n) is 2.46. The highest BCUT2D eigenvalue weighted by Gasteiger charge is 2.19. The summed E-state index contributed by atoms with van der Waals surface area (Å²) >= 11 is 0. The smallest absolute Gasteiger partial charge is 0.225 e. The molecule has 18 heavy (non-hydrogen) atoms. The van der Waals surface area contributed by atoms with Crippen molar-refractivity contribution in [2.45, 2.75) is 39.2 Å². The largest absolute Gasteiger partial charge is 0.341 e. The van der Waals surface area contributed by atoms with Crippen molar-refractivity contribution in [3.63, 3.8) is 0 Å². The molecule has 4 nitrogen and oxygen atoms in total. The van der Waals surface area contributed by atoms with E-state index in [1.165, 1.54) is 18.4 Å². The summed E-state index contributed by atoms with van der Waals surface area (Å²) in [5.74, 6) is 1.54. The van der Waals surface area contributed by atoms with E-state index in [0.717, 1.165) is 25.5 Å². The summed E-state index contributed by atoms with van der Waals surface area (Å²) in [4.78, 5) is 11.3. The number of hydrogen-bond donors (Lipinski definition) is 1. The van der Waals surface area contributed by atoms with Gasteiger partial charge in [-0.3, -0.25) is 0 Å². The number of rotatable bonds is 4. The maximum absolute atomic E-state index is 4.50. The van der Waals surface area contributed by atoms with E-state index in [1.54, 1.807) is 0 Å². The number of anilines is 1. The van der Waals surface area contributed by atoms with Crippen LogP contribution < -0.4 is 10.2 Å². The Hall–Kier alpha value is -1.16. The van der Waals surface area contributed by atoms with E-state index < -0.39 is 0 Å². The molecule has 1 fully saturated rings. The van der Waals surface area contributed by atoms with Crippen molar-refractivity contribution in [2.75, 3.05) is 25.0 Å². The molecule has 0 unspecified atom stereocenters. The molecule has 0 bridgehead atoms. The Kier molecular flexibility index (Phi) is 4.53. The van der Waals surface area contributed by atoms with Gasteiger partial charge in [0.05, 0.1) is 0 Å². The molecule has 1 aromatic heterocycles. The molecule has 1 aliphatic rings. The van der Waals surface area contributed by atoms with E-state index in [0.29, 0.717) is 12.0 Å². The summed E-state index contributed by atoms with van der Waals surface area (Å²) in [6.07, 6.45) is 7.36. The average Bonchev–Trinajstić information content (AvgIpc) is 2.39. The monoisotopic (exact) mass is 248 g/mol. The van der Waals surface area contributed by atoms with Gasteiger partial charge < -0.3 is 10.2 Å². The highest BCUT2D eigenvalue weighted by molar-refractivity contribution is 5.30. The molecule has 0 amide bonds. The van der Waals surface area contributed by atoms with E-state index in [4.69, 9.17) is 0 Å². The van der Waals surface area contributed by atoms with Crippen molar-refractivity contribution >= 4 is 5.95 Å². The topological polar surface area (TPSA) is 41.0 Å². The number of hydrogen-bond acceptors (Lipinski definition) is 4. The maximum atomic E-state index is 4.50. The summed E-state index contributed by atoms with van der Waals surface area (Å²) in [6, 6.07) is 0.654. The molecule has 1 N–H and O–H groups in total. The zero-order chi connectivity index (χ0) is 13.0. The maximum Gasteiger partial charge on any atom is 0.225 e. The molecule has 100 valence electrons. The molecular weight excluding hydrogens is 224 g/mol. The van der Waals surface area contributed by atoms with E-state index in [1.807, 2.05) is 19.4 Å². The highest BCUT2D eigenvalue weighted by atomic mass is 15.3. The number of piperidine rings is 1. The van der Waals surface area contributed by atoms with Crippen LogP contribution in [0.5, 0.6) is 0 Å². The van der Waals surface area contributed by atoms with Crippen LogP contribution in [0.15, 0.2) is 12.4 Å². The lowest BCUT2D eigenvalue weighted by molar-refractivity contribution is 0.438. The quantitative estimate of drug-likeness (QED) is 0.883. The standard InChI is InChI=1S/C14H24N4/c1-11(2)8-12-9-16-14(17-10-12)18-6-4-13(15-3)5-7-18/h9-11,13,15H,4-8H2,1-3H3. The molecule has 0 aromatic carbocycles. The van der Waals surface area contributed by atoms with Crippen LogP contribution in [0.2, 0.25) is 0 Å². The predicted molar refractivity (Wildman–Crippen MR) is 74.9 cm³/mol. The van der Waals surface area contributed by atoms with Crippen LogP contribution in [0.3, 0.4) is 0 Å². The average molecular weight is 248 g/mol. The molecule has 4 heteroatoms. The van der Waals surface area contributed by atoms with Crippen molar-refractivity contribution in [1.29, 1.82) is 0 Å². The van der Waals surface area contributed by atoms with Gasteiger partial charge in [0.2, 0.25) is 5.95 Å². The van der Waals surface area contributed by atoms with E-state index in [-0.39, 0.29) is 0 Å². The molecule has 2 heterocycles. The molecule has 1 aromatic rings. The minimum atomic E-state index is 0.654. The molecule has 2 rings (SSSR count). The minimum absolute atomic E-state index is 0.654. The van der Waals surface area contributed by atoms with Crippen molar-refractivity contribution in [1.82, 2.24) is 15.3 Å². The van der Waals surface area contributed by atoms with Gasteiger partial charge in [0.25, 0.3) is 0 Å². The van der Waals surface area contributed by atoms with Gasteiger partial charge in [0.1, 0.15) is 0 Å². The van der Waals surface area contributed by atoms with Gasteiger partial charge in [-0.05, 0) is 37.8 Å². The van der Waals surface area contributed by atoms with Gasteiger partial charge in [-0.2, -0.15) is 0 Å². The predicted octanol–water partition coefficient (Wildman–Crippen LogP) is 1.86. The normalized spacial score (nSPS) is 17.4. The van der Waals surface area contributed by atoms with Gasteiger partial charge >= 0.3 is 0 Å². The van der Waals surface area contributed by atoms with Crippen molar-refractivity contribution < 1.29 is 0 Å². The van der Waals surface area contributed by atoms with Gasteiger partial charge in [-0.15, -0.1) is 0 Å². The zero-order valence-corrected chi connectivity index (χ0v) is 11.7. The summed E-state index contributed by atoms with van der Waals surface area (Å²) in [5, 5.41) is 3.34. The lowest BCUT2D eigenvalue weighted by Crippen LogP contribution is -2.41. The lowest BCUT2D eigenvalue weighted by Gasteiger charge is -2.31. The lowest BCUT2D eigenvalue weighted by atomic mass is 10.1. The van der Waals surface area contributed by atoms with Crippen molar-refractivity contribution in [3.05, 3.63) is 18.0 Å². The van der Waals surface area contributed by atoms with E-state index in [2.05, 4.69) is 34.0 Å². The SMILES string of the molecule is CNC1CCN(c2ncc(CC(C)C)cn2)CC1. The molecule has 0 aliphatic carbocycles. The molecule has 0 spiro atoms. The Labute approximate surface area is 110 Å². The first-order chi connectivity index (χ1) is 8.69. The van der Waals surface area contributed by atoms with E-state index in [9.17, 15) is 0 Å². The first-order valence-corrected chi connectivity index (χ1v) is 6.92. The molecule has 0 atom stereocenters. The van der Waals surface area contributed by atoms with Gasteiger partial charge in [0.15, 0.2) is 0 Å². The fraction of sp³-hybridized carbons (Fsp3) is 0.714. The summed E-state index contributed by atoms with van der Waals surface area (Å²) < 4.78 is 0. The minimum Gasteiger partial charge on any atom is -0.341 e. The molecule has 0 saturated carbocycles. The van der Waals surface area contributed by atoms with Gasteiger partial charge in [0, 0.05) is 31.5 Å². The first-order valence-electron chi connectivity index (χ1n) is 6.92. The summed E-state index contributed by atoms with van der Waals surface area (Å²) in [6.45, 7) is 6.54. The fourth-order valence-corrected chi connectivity index (χ4v) is 2.46. The van der Waals surface area contributed by atoms with Crippen LogP contribution in [-0.2, 0) is 6.42 Å². The van der Waals surface area contributed by atoms with Gasteiger partial charge in [-0.25, -0.2) is 9.97 Å². The van der Waals surface area contributed by atoms with Crippen LogP contribution in [-0.4, -0.2) is 36.1 Å². The third-order valence-corrected chi connectivity index (χ3v) is 3.52. The van der Waals surface area contributed by atoms with Crippen molar-refractivity contribution in [3.8, 4) is 0 Å². The summed E-state index contributed by atoms with van der Waals surface area (Å²) in [7, 11) is 2.04. The van der Waals surface area contributed by atoms with Crippen LogP contribution >= 0.6 is 0 Å². The van der Waals surface area contributed by atoms with Crippen LogP contribution in [0.4, 0.5) is 5.95 Å². The Morgan fingerprint density at radius 1 is 1.28 bits per heavy atom.